The molecule has 2 heterocycles. The molecule has 1 aliphatic heterocycles. The van der Waals surface area contributed by atoms with Gasteiger partial charge < -0.3 is 24.0 Å². The van der Waals surface area contributed by atoms with Crippen molar-refractivity contribution in [2.45, 2.75) is 31.9 Å². The Bertz CT molecular complexity index is 1160. The summed E-state index contributed by atoms with van der Waals surface area (Å²) in [4.78, 5) is 18.8. The second-order valence-corrected chi connectivity index (χ2v) is 8.27. The Labute approximate surface area is 198 Å². The Morgan fingerprint density at radius 3 is 2.74 bits per heavy atom. The summed E-state index contributed by atoms with van der Waals surface area (Å²) in [5, 5.41) is 9.88. The number of halogens is 1. The van der Waals surface area contributed by atoms with Crippen LogP contribution in [0.3, 0.4) is 0 Å². The van der Waals surface area contributed by atoms with Gasteiger partial charge in [-0.3, -0.25) is 4.79 Å². The van der Waals surface area contributed by atoms with Gasteiger partial charge in [0.25, 0.3) is 0 Å². The molecule has 2 unspecified atom stereocenters. The lowest BCUT2D eigenvalue weighted by atomic mass is 9.99. The van der Waals surface area contributed by atoms with Gasteiger partial charge in [0, 0.05) is 31.7 Å². The summed E-state index contributed by atoms with van der Waals surface area (Å²) >= 11 is 0. The molecule has 1 amide bonds. The van der Waals surface area contributed by atoms with Crippen molar-refractivity contribution < 1.29 is 23.8 Å². The average molecular weight is 466 g/mol. The molecule has 3 aromatic rings. The molecule has 1 aromatic heterocycles. The van der Waals surface area contributed by atoms with Gasteiger partial charge in [0.1, 0.15) is 23.4 Å². The van der Waals surface area contributed by atoms with Crippen LogP contribution in [0.4, 0.5) is 4.39 Å². The maximum absolute atomic E-state index is 13.1. The summed E-state index contributed by atoms with van der Waals surface area (Å²) in [6.45, 7) is 2.22. The van der Waals surface area contributed by atoms with E-state index in [4.69, 9.17) is 9.47 Å². The molecule has 34 heavy (non-hydrogen) atoms. The van der Waals surface area contributed by atoms with Gasteiger partial charge in [-0.15, -0.1) is 0 Å². The van der Waals surface area contributed by atoms with Crippen molar-refractivity contribution in [3.63, 3.8) is 0 Å². The lowest BCUT2D eigenvalue weighted by Crippen LogP contribution is -2.50. The Morgan fingerprint density at radius 2 is 2.06 bits per heavy atom. The van der Waals surface area contributed by atoms with Crippen molar-refractivity contribution in [2.75, 3.05) is 20.3 Å². The molecule has 1 aliphatic rings. The minimum absolute atomic E-state index is 0.153. The zero-order chi connectivity index (χ0) is 24.1. The standard InChI is InChI=1S/C26H28FN3O4/c1-18-15-29(17-28-18)24-9-3-19(13-25(24)33-2)4-10-26(32)30-12-11-23(14-21(30)16-31)34-22-7-5-20(27)6-8-22/h3-10,13,15,17,21,23,31H,11-12,14,16H2,1-2H3. The molecular formula is C26H28FN3O4. The summed E-state index contributed by atoms with van der Waals surface area (Å²) in [5.41, 5.74) is 2.58. The number of aromatic nitrogens is 2. The van der Waals surface area contributed by atoms with E-state index in [1.165, 1.54) is 18.2 Å². The highest BCUT2D eigenvalue weighted by Gasteiger charge is 2.31. The highest BCUT2D eigenvalue weighted by molar-refractivity contribution is 5.92. The van der Waals surface area contributed by atoms with Crippen molar-refractivity contribution in [3.8, 4) is 17.2 Å². The quantitative estimate of drug-likeness (QED) is 0.538. The van der Waals surface area contributed by atoms with E-state index < -0.39 is 0 Å². The number of aliphatic hydroxyl groups is 1. The Hall–Kier alpha value is -3.65. The predicted octanol–water partition coefficient (Wildman–Crippen LogP) is 3.77. The fourth-order valence-corrected chi connectivity index (χ4v) is 4.12. The number of carbonyl (C=O) groups is 1. The summed E-state index contributed by atoms with van der Waals surface area (Å²) in [6.07, 6.45) is 7.86. The highest BCUT2D eigenvalue weighted by atomic mass is 19.1. The third kappa shape index (κ3) is 5.46. The predicted molar refractivity (Wildman–Crippen MR) is 127 cm³/mol. The maximum atomic E-state index is 13.1. The minimum Gasteiger partial charge on any atom is -0.495 e. The van der Waals surface area contributed by atoms with E-state index in [0.717, 1.165) is 16.9 Å². The molecule has 0 radical (unpaired) electrons. The summed E-state index contributed by atoms with van der Waals surface area (Å²) in [6, 6.07) is 11.2. The van der Waals surface area contributed by atoms with Gasteiger partial charge in [-0.2, -0.15) is 0 Å². The number of hydrogen-bond acceptors (Lipinski definition) is 5. The molecule has 7 nitrogen and oxygen atoms in total. The zero-order valence-corrected chi connectivity index (χ0v) is 19.2. The van der Waals surface area contributed by atoms with E-state index in [9.17, 15) is 14.3 Å². The van der Waals surface area contributed by atoms with Gasteiger partial charge in [-0.05, 0) is 55.0 Å². The SMILES string of the molecule is COc1cc(C=CC(=O)N2CCC(Oc3ccc(F)cc3)CC2CO)ccc1-n1cnc(C)c1. The van der Waals surface area contributed by atoms with Gasteiger partial charge in [0.15, 0.2) is 0 Å². The number of aliphatic hydroxyl groups excluding tert-OH is 1. The van der Waals surface area contributed by atoms with Crippen LogP contribution in [-0.4, -0.2) is 57.9 Å². The van der Waals surface area contributed by atoms with E-state index in [2.05, 4.69) is 4.98 Å². The zero-order valence-electron chi connectivity index (χ0n) is 19.2. The van der Waals surface area contributed by atoms with E-state index in [1.54, 1.807) is 36.5 Å². The van der Waals surface area contributed by atoms with Crippen LogP contribution in [0.5, 0.6) is 11.5 Å². The van der Waals surface area contributed by atoms with Crippen LogP contribution in [-0.2, 0) is 4.79 Å². The minimum atomic E-state index is -0.349. The maximum Gasteiger partial charge on any atom is 0.246 e. The van der Waals surface area contributed by atoms with Gasteiger partial charge in [0.05, 0.1) is 37.5 Å². The first-order chi connectivity index (χ1) is 16.5. The van der Waals surface area contributed by atoms with Crippen LogP contribution in [0.15, 0.2) is 61.1 Å². The van der Waals surface area contributed by atoms with Gasteiger partial charge in [0.2, 0.25) is 5.91 Å². The molecule has 2 atom stereocenters. The first kappa shape index (κ1) is 23.5. The first-order valence-electron chi connectivity index (χ1n) is 11.2. The number of aryl methyl sites for hydroxylation is 1. The molecule has 0 saturated carbocycles. The fraction of sp³-hybridized carbons (Fsp3) is 0.308. The topological polar surface area (TPSA) is 76.8 Å². The number of imidazole rings is 1. The number of benzene rings is 2. The number of hydrogen-bond donors (Lipinski definition) is 1. The average Bonchev–Trinajstić information content (AvgIpc) is 3.29. The Morgan fingerprint density at radius 1 is 1.26 bits per heavy atom. The fourth-order valence-electron chi connectivity index (χ4n) is 4.12. The highest BCUT2D eigenvalue weighted by Crippen LogP contribution is 2.26. The summed E-state index contributed by atoms with van der Waals surface area (Å²) < 4.78 is 26.4. The van der Waals surface area contributed by atoms with Gasteiger partial charge in [-0.1, -0.05) is 6.07 Å². The van der Waals surface area contributed by atoms with Crippen LogP contribution in [0.25, 0.3) is 11.8 Å². The number of carbonyl (C=O) groups excluding carboxylic acids is 1. The number of likely N-dealkylation sites (tertiary alicyclic amines) is 1. The van der Waals surface area contributed by atoms with Crippen molar-refractivity contribution in [1.82, 2.24) is 14.5 Å². The van der Waals surface area contributed by atoms with Crippen molar-refractivity contribution in [1.29, 1.82) is 0 Å². The number of nitrogens with zero attached hydrogens (tertiary/aromatic N) is 3. The van der Waals surface area contributed by atoms with Crippen LogP contribution < -0.4 is 9.47 Å². The van der Waals surface area contributed by atoms with Crippen LogP contribution in [0, 0.1) is 12.7 Å². The van der Waals surface area contributed by atoms with Crippen molar-refractivity contribution in [2.24, 2.45) is 0 Å². The number of rotatable bonds is 7. The molecule has 8 heteroatoms. The van der Waals surface area contributed by atoms with Crippen LogP contribution in [0.2, 0.25) is 0 Å². The van der Waals surface area contributed by atoms with Gasteiger partial charge >= 0.3 is 0 Å². The number of amides is 1. The Balaban J connectivity index is 1.40. The van der Waals surface area contributed by atoms with E-state index in [0.29, 0.717) is 30.9 Å². The molecule has 1 N–H and O–H groups in total. The molecule has 0 aliphatic carbocycles. The largest absolute Gasteiger partial charge is 0.495 e. The van der Waals surface area contributed by atoms with E-state index >= 15 is 0 Å². The van der Waals surface area contributed by atoms with Gasteiger partial charge in [-0.25, -0.2) is 9.37 Å². The molecule has 2 aromatic carbocycles. The third-order valence-corrected chi connectivity index (χ3v) is 5.89. The molecule has 1 fully saturated rings. The Kier molecular flexibility index (Phi) is 7.27. The van der Waals surface area contributed by atoms with Crippen molar-refractivity contribution in [3.05, 3.63) is 78.1 Å². The second-order valence-electron chi connectivity index (χ2n) is 8.27. The molecule has 0 spiro atoms. The lowest BCUT2D eigenvalue weighted by Gasteiger charge is -2.38. The molecule has 0 bridgehead atoms. The summed E-state index contributed by atoms with van der Waals surface area (Å²) in [5.74, 6) is 0.745. The monoisotopic (exact) mass is 465 g/mol. The number of methoxy groups -OCH3 is 1. The molecule has 4 rings (SSSR count). The third-order valence-electron chi connectivity index (χ3n) is 5.89. The molecule has 1 saturated heterocycles. The molecular weight excluding hydrogens is 437 g/mol. The number of piperidine rings is 1. The number of ether oxygens (including phenoxy) is 2. The normalized spacial score (nSPS) is 18.3. The van der Waals surface area contributed by atoms with E-state index in [1.807, 2.05) is 35.9 Å². The summed E-state index contributed by atoms with van der Waals surface area (Å²) in [7, 11) is 1.60. The lowest BCUT2D eigenvalue weighted by molar-refractivity contribution is -0.132. The molecule has 178 valence electrons. The second kappa shape index (κ2) is 10.5. The van der Waals surface area contributed by atoms with E-state index in [-0.39, 0.29) is 30.5 Å². The van der Waals surface area contributed by atoms with Crippen molar-refractivity contribution >= 4 is 12.0 Å². The smallest absolute Gasteiger partial charge is 0.246 e. The van der Waals surface area contributed by atoms with Crippen LogP contribution in [0.1, 0.15) is 24.1 Å². The first-order valence-corrected chi connectivity index (χ1v) is 11.2. The van der Waals surface area contributed by atoms with Crippen LogP contribution >= 0.6 is 0 Å².